The molecule has 116 valence electrons. The maximum atomic E-state index is 12.1. The molecule has 1 heterocycles. The molecule has 0 radical (unpaired) electrons. The summed E-state index contributed by atoms with van der Waals surface area (Å²) in [6.45, 7) is 0. The number of para-hydroxylation sites is 1. The standard InChI is InChI=1S/C17H11Cl2NO3/c18-12-9-14(20-17(21)15-7-4-8-22-15)16(10-13(12)19)23-11-5-2-1-3-6-11/h1-10H,(H,20,21). The van der Waals surface area contributed by atoms with E-state index in [1.165, 1.54) is 12.3 Å². The molecule has 0 saturated heterocycles. The van der Waals surface area contributed by atoms with E-state index in [4.69, 9.17) is 32.4 Å². The molecule has 1 aromatic heterocycles. The molecule has 3 aromatic rings. The third kappa shape index (κ3) is 3.67. The van der Waals surface area contributed by atoms with Crippen molar-refractivity contribution in [3.8, 4) is 11.5 Å². The second-order valence-corrected chi connectivity index (χ2v) is 5.42. The van der Waals surface area contributed by atoms with Crippen LogP contribution in [0.2, 0.25) is 10.0 Å². The summed E-state index contributed by atoms with van der Waals surface area (Å²) in [6.07, 6.45) is 1.42. The molecule has 0 bridgehead atoms. The Bertz CT molecular complexity index is 817. The van der Waals surface area contributed by atoms with E-state index >= 15 is 0 Å². The number of furan rings is 1. The Kier molecular flexibility index (Phi) is 4.55. The Hall–Kier alpha value is -2.43. The van der Waals surface area contributed by atoms with Crippen LogP contribution in [0.1, 0.15) is 10.6 Å². The molecule has 3 rings (SSSR count). The lowest BCUT2D eigenvalue weighted by Crippen LogP contribution is -2.11. The number of hydrogen-bond acceptors (Lipinski definition) is 3. The zero-order valence-electron chi connectivity index (χ0n) is 11.8. The molecule has 0 saturated carbocycles. The molecule has 0 aliphatic carbocycles. The first-order valence-corrected chi connectivity index (χ1v) is 7.46. The lowest BCUT2D eigenvalue weighted by atomic mass is 10.2. The van der Waals surface area contributed by atoms with Crippen molar-refractivity contribution in [3.63, 3.8) is 0 Å². The van der Waals surface area contributed by atoms with Gasteiger partial charge in [-0.25, -0.2) is 0 Å². The van der Waals surface area contributed by atoms with Gasteiger partial charge in [0.2, 0.25) is 0 Å². The van der Waals surface area contributed by atoms with Crippen molar-refractivity contribution in [2.75, 3.05) is 5.32 Å². The summed E-state index contributed by atoms with van der Waals surface area (Å²) in [5.74, 6) is 0.762. The van der Waals surface area contributed by atoms with Gasteiger partial charge in [0.05, 0.1) is 22.0 Å². The zero-order chi connectivity index (χ0) is 16.2. The van der Waals surface area contributed by atoms with Crippen LogP contribution in [0.4, 0.5) is 5.69 Å². The van der Waals surface area contributed by atoms with Gasteiger partial charge in [-0.1, -0.05) is 41.4 Å². The third-order valence-electron chi connectivity index (χ3n) is 2.99. The van der Waals surface area contributed by atoms with Crippen LogP contribution in [-0.4, -0.2) is 5.91 Å². The van der Waals surface area contributed by atoms with Gasteiger partial charge in [-0.05, 0) is 30.3 Å². The molecular weight excluding hydrogens is 337 g/mol. The van der Waals surface area contributed by atoms with E-state index in [0.717, 1.165) is 0 Å². The van der Waals surface area contributed by atoms with Crippen LogP contribution < -0.4 is 10.1 Å². The first-order valence-electron chi connectivity index (χ1n) is 6.70. The van der Waals surface area contributed by atoms with Crippen LogP contribution >= 0.6 is 23.2 Å². The number of rotatable bonds is 4. The fourth-order valence-corrected chi connectivity index (χ4v) is 2.24. The van der Waals surface area contributed by atoms with Crippen molar-refractivity contribution in [1.82, 2.24) is 0 Å². The Morgan fingerprint density at radius 2 is 1.74 bits per heavy atom. The minimum atomic E-state index is -0.411. The first-order chi connectivity index (χ1) is 11.1. The summed E-state index contributed by atoms with van der Waals surface area (Å²) in [6, 6.07) is 15.4. The number of ether oxygens (including phenoxy) is 1. The summed E-state index contributed by atoms with van der Waals surface area (Å²) in [5.41, 5.74) is 0.393. The molecule has 4 nitrogen and oxygen atoms in total. The number of anilines is 1. The number of amides is 1. The van der Waals surface area contributed by atoms with Crippen molar-refractivity contribution in [2.45, 2.75) is 0 Å². The Labute approximate surface area is 142 Å². The number of halogens is 2. The summed E-state index contributed by atoms with van der Waals surface area (Å²) in [4.78, 5) is 12.1. The number of carbonyl (C=O) groups is 1. The highest BCUT2D eigenvalue weighted by atomic mass is 35.5. The van der Waals surface area contributed by atoms with Crippen LogP contribution in [0.3, 0.4) is 0 Å². The van der Waals surface area contributed by atoms with Crippen molar-refractivity contribution in [3.05, 3.63) is 76.7 Å². The van der Waals surface area contributed by atoms with Gasteiger partial charge in [0.15, 0.2) is 11.5 Å². The van der Waals surface area contributed by atoms with Crippen LogP contribution in [0.15, 0.2) is 65.3 Å². The van der Waals surface area contributed by atoms with Crippen molar-refractivity contribution in [2.24, 2.45) is 0 Å². The molecule has 0 fully saturated rings. The van der Waals surface area contributed by atoms with E-state index in [2.05, 4.69) is 5.32 Å². The highest BCUT2D eigenvalue weighted by Gasteiger charge is 2.15. The fraction of sp³-hybridized carbons (Fsp3) is 0. The van der Waals surface area contributed by atoms with Crippen molar-refractivity contribution < 1.29 is 13.9 Å². The van der Waals surface area contributed by atoms with Gasteiger partial charge in [0.1, 0.15) is 5.75 Å². The van der Waals surface area contributed by atoms with Gasteiger partial charge >= 0.3 is 0 Å². The molecular formula is C17H11Cl2NO3. The highest BCUT2D eigenvalue weighted by molar-refractivity contribution is 6.42. The summed E-state index contributed by atoms with van der Waals surface area (Å²) >= 11 is 12.1. The van der Waals surface area contributed by atoms with E-state index < -0.39 is 5.91 Å². The topological polar surface area (TPSA) is 51.5 Å². The van der Waals surface area contributed by atoms with Crippen LogP contribution in [0, 0.1) is 0 Å². The molecule has 0 aliphatic heterocycles. The van der Waals surface area contributed by atoms with Crippen molar-refractivity contribution in [1.29, 1.82) is 0 Å². The van der Waals surface area contributed by atoms with Crippen LogP contribution in [0.5, 0.6) is 11.5 Å². The first kappa shape index (κ1) is 15.5. The monoisotopic (exact) mass is 347 g/mol. The molecule has 0 unspecified atom stereocenters. The van der Waals surface area contributed by atoms with Gasteiger partial charge in [-0.2, -0.15) is 0 Å². The predicted octanol–water partition coefficient (Wildman–Crippen LogP) is 5.63. The minimum absolute atomic E-state index is 0.182. The maximum Gasteiger partial charge on any atom is 0.291 e. The highest BCUT2D eigenvalue weighted by Crippen LogP contribution is 2.37. The van der Waals surface area contributed by atoms with Crippen molar-refractivity contribution >= 4 is 34.8 Å². The summed E-state index contributed by atoms with van der Waals surface area (Å²) in [7, 11) is 0. The molecule has 0 atom stereocenters. The Morgan fingerprint density at radius 1 is 1.00 bits per heavy atom. The Morgan fingerprint density at radius 3 is 2.43 bits per heavy atom. The third-order valence-corrected chi connectivity index (χ3v) is 3.71. The predicted molar refractivity (Wildman–Crippen MR) is 89.6 cm³/mol. The number of hydrogen-bond donors (Lipinski definition) is 1. The molecule has 6 heteroatoms. The normalized spacial score (nSPS) is 10.3. The smallest absolute Gasteiger partial charge is 0.291 e. The van der Waals surface area contributed by atoms with Gasteiger partial charge in [-0.3, -0.25) is 4.79 Å². The summed E-state index contributed by atoms with van der Waals surface area (Å²) in [5, 5.41) is 3.34. The average molecular weight is 348 g/mol. The van der Waals surface area contributed by atoms with E-state index in [1.54, 1.807) is 30.3 Å². The van der Waals surface area contributed by atoms with Crippen LogP contribution in [-0.2, 0) is 0 Å². The van der Waals surface area contributed by atoms with Gasteiger partial charge in [-0.15, -0.1) is 0 Å². The van der Waals surface area contributed by atoms with E-state index in [1.807, 2.05) is 18.2 Å². The molecule has 23 heavy (non-hydrogen) atoms. The minimum Gasteiger partial charge on any atom is -0.459 e. The molecule has 1 amide bonds. The maximum absolute atomic E-state index is 12.1. The van der Waals surface area contributed by atoms with Gasteiger partial charge in [0.25, 0.3) is 5.91 Å². The Balaban J connectivity index is 1.91. The fourth-order valence-electron chi connectivity index (χ4n) is 1.92. The SMILES string of the molecule is O=C(Nc1cc(Cl)c(Cl)cc1Oc1ccccc1)c1ccco1. The number of benzene rings is 2. The number of nitrogens with one attached hydrogen (secondary N) is 1. The molecule has 0 aliphatic rings. The van der Waals surface area contributed by atoms with Crippen LogP contribution in [0.25, 0.3) is 0 Å². The quantitative estimate of drug-likeness (QED) is 0.665. The molecule has 2 aromatic carbocycles. The van der Waals surface area contributed by atoms with E-state index in [0.29, 0.717) is 27.2 Å². The van der Waals surface area contributed by atoms with Gasteiger partial charge < -0.3 is 14.5 Å². The second kappa shape index (κ2) is 6.77. The zero-order valence-corrected chi connectivity index (χ0v) is 13.3. The second-order valence-electron chi connectivity index (χ2n) is 4.61. The lowest BCUT2D eigenvalue weighted by Gasteiger charge is -2.13. The molecule has 0 spiro atoms. The van der Waals surface area contributed by atoms with Gasteiger partial charge in [0, 0.05) is 6.07 Å². The molecule has 1 N–H and O–H groups in total. The lowest BCUT2D eigenvalue weighted by molar-refractivity contribution is 0.0996. The average Bonchev–Trinajstić information content (AvgIpc) is 3.08. The largest absolute Gasteiger partial charge is 0.459 e. The number of carbonyl (C=O) groups excluding carboxylic acids is 1. The van der Waals surface area contributed by atoms with E-state index in [-0.39, 0.29) is 5.76 Å². The van der Waals surface area contributed by atoms with E-state index in [9.17, 15) is 4.79 Å². The summed E-state index contributed by atoms with van der Waals surface area (Å²) < 4.78 is 10.8.